The number of rotatable bonds is 4. The molecule has 0 bridgehead atoms. The van der Waals surface area contributed by atoms with E-state index in [0.717, 1.165) is 0 Å². The molecule has 1 aromatic carbocycles. The number of benzene rings is 1. The third kappa shape index (κ3) is 2.72. The number of non-ortho nitro benzene ring substituents is 1. The van der Waals surface area contributed by atoms with Crippen LogP contribution in [0.2, 0.25) is 0 Å². The van der Waals surface area contributed by atoms with Crippen molar-refractivity contribution in [3.8, 4) is 5.75 Å². The SMILES string of the molecule is NCCOc1[c]cc([N+](=O)[O-])cc1. The Labute approximate surface area is 75.3 Å². The van der Waals surface area contributed by atoms with Gasteiger partial charge >= 0.3 is 0 Å². The number of nitrogens with two attached hydrogens (primary N) is 1. The number of ether oxygens (including phenoxy) is 1. The van der Waals surface area contributed by atoms with Crippen LogP contribution in [-0.2, 0) is 0 Å². The molecule has 0 aliphatic carbocycles. The highest BCUT2D eigenvalue weighted by Gasteiger charge is 2.03. The number of nitro groups is 1. The van der Waals surface area contributed by atoms with Crippen LogP contribution in [0.25, 0.3) is 0 Å². The minimum Gasteiger partial charge on any atom is -0.492 e. The number of nitro benzene ring substituents is 1. The number of nitrogens with zero attached hydrogens (tertiary/aromatic N) is 1. The van der Waals surface area contributed by atoms with Gasteiger partial charge in [-0.3, -0.25) is 10.1 Å². The van der Waals surface area contributed by atoms with Crippen molar-refractivity contribution in [2.75, 3.05) is 13.2 Å². The lowest BCUT2D eigenvalue weighted by molar-refractivity contribution is -0.384. The second kappa shape index (κ2) is 4.42. The summed E-state index contributed by atoms with van der Waals surface area (Å²) in [5.41, 5.74) is 5.21. The summed E-state index contributed by atoms with van der Waals surface area (Å²) in [5.74, 6) is 0.469. The Bertz CT molecular complexity index is 284. The van der Waals surface area contributed by atoms with Gasteiger partial charge in [-0.1, -0.05) is 0 Å². The molecule has 1 radical (unpaired) electrons. The summed E-state index contributed by atoms with van der Waals surface area (Å²) in [7, 11) is 0. The largest absolute Gasteiger partial charge is 0.492 e. The van der Waals surface area contributed by atoms with Crippen molar-refractivity contribution in [3.63, 3.8) is 0 Å². The van der Waals surface area contributed by atoms with E-state index < -0.39 is 4.92 Å². The molecule has 0 fully saturated rings. The summed E-state index contributed by atoms with van der Waals surface area (Å²) in [6, 6.07) is 6.76. The van der Waals surface area contributed by atoms with Gasteiger partial charge in [0.15, 0.2) is 0 Å². The molecule has 0 atom stereocenters. The highest BCUT2D eigenvalue weighted by atomic mass is 16.6. The van der Waals surface area contributed by atoms with Crippen LogP contribution in [0.15, 0.2) is 18.2 Å². The summed E-state index contributed by atoms with van der Waals surface area (Å²) >= 11 is 0. The Morgan fingerprint density at radius 3 is 2.85 bits per heavy atom. The second-order valence-electron chi connectivity index (χ2n) is 2.31. The molecular weight excluding hydrogens is 172 g/mol. The molecule has 0 amide bonds. The second-order valence-corrected chi connectivity index (χ2v) is 2.31. The molecular formula is C8H9N2O3. The minimum absolute atomic E-state index is 0.0000912. The molecule has 0 spiro atoms. The fourth-order valence-corrected chi connectivity index (χ4v) is 0.775. The van der Waals surface area contributed by atoms with Crippen LogP contribution >= 0.6 is 0 Å². The summed E-state index contributed by atoms with van der Waals surface area (Å²) in [5, 5.41) is 10.3. The van der Waals surface area contributed by atoms with E-state index >= 15 is 0 Å². The van der Waals surface area contributed by atoms with Crippen LogP contribution in [0, 0.1) is 16.2 Å². The normalized spacial score (nSPS) is 9.62. The molecule has 0 heterocycles. The topological polar surface area (TPSA) is 78.4 Å². The van der Waals surface area contributed by atoms with Crippen molar-refractivity contribution >= 4 is 5.69 Å². The van der Waals surface area contributed by atoms with Gasteiger partial charge in [-0.25, -0.2) is 0 Å². The minimum atomic E-state index is -0.483. The van der Waals surface area contributed by atoms with Gasteiger partial charge in [0.2, 0.25) is 0 Å². The molecule has 0 aliphatic heterocycles. The van der Waals surface area contributed by atoms with Crippen LogP contribution in [0.5, 0.6) is 5.75 Å². The Balaban J connectivity index is 2.64. The predicted octanol–water partition coefficient (Wildman–Crippen LogP) is 0.732. The molecule has 2 N–H and O–H groups in total. The number of hydrogen-bond donors (Lipinski definition) is 1. The Morgan fingerprint density at radius 1 is 1.62 bits per heavy atom. The summed E-state index contributed by atoms with van der Waals surface area (Å²) in [4.78, 5) is 9.77. The summed E-state index contributed by atoms with van der Waals surface area (Å²) in [6.07, 6.45) is 0. The van der Waals surface area contributed by atoms with E-state index in [2.05, 4.69) is 6.07 Å². The number of hydrogen-bond acceptors (Lipinski definition) is 4. The molecule has 0 saturated carbocycles. The Kier molecular flexibility index (Phi) is 3.22. The maximum atomic E-state index is 10.3. The molecule has 13 heavy (non-hydrogen) atoms. The maximum Gasteiger partial charge on any atom is 0.270 e. The van der Waals surface area contributed by atoms with Crippen molar-refractivity contribution in [2.45, 2.75) is 0 Å². The van der Waals surface area contributed by atoms with Gasteiger partial charge in [-0.2, -0.15) is 0 Å². The van der Waals surface area contributed by atoms with Crippen LogP contribution in [-0.4, -0.2) is 18.1 Å². The molecule has 0 aliphatic rings. The standard InChI is InChI=1S/C8H9N2O3/c9-5-6-13-8-3-1-7(2-4-8)10(11)12/h1-3H,5-6,9H2. The molecule has 69 valence electrons. The van der Waals surface area contributed by atoms with Crippen LogP contribution in [0.3, 0.4) is 0 Å². The Morgan fingerprint density at radius 2 is 2.38 bits per heavy atom. The smallest absolute Gasteiger partial charge is 0.270 e. The molecule has 5 nitrogen and oxygen atoms in total. The first-order valence-corrected chi connectivity index (χ1v) is 3.73. The van der Waals surface area contributed by atoms with E-state index in [0.29, 0.717) is 18.9 Å². The van der Waals surface area contributed by atoms with Gasteiger partial charge in [0.1, 0.15) is 12.4 Å². The quantitative estimate of drug-likeness (QED) is 0.548. The van der Waals surface area contributed by atoms with Crippen LogP contribution < -0.4 is 10.5 Å². The lowest BCUT2D eigenvalue weighted by Crippen LogP contribution is -2.10. The highest BCUT2D eigenvalue weighted by Crippen LogP contribution is 2.15. The van der Waals surface area contributed by atoms with E-state index in [1.165, 1.54) is 18.2 Å². The zero-order valence-electron chi connectivity index (χ0n) is 6.90. The highest BCUT2D eigenvalue weighted by molar-refractivity contribution is 5.34. The van der Waals surface area contributed by atoms with Crippen LogP contribution in [0.1, 0.15) is 0 Å². The van der Waals surface area contributed by atoms with Gasteiger partial charge in [0, 0.05) is 24.7 Å². The van der Waals surface area contributed by atoms with E-state index in [9.17, 15) is 10.1 Å². The molecule has 1 rings (SSSR count). The van der Waals surface area contributed by atoms with Crippen molar-refractivity contribution in [2.24, 2.45) is 5.73 Å². The van der Waals surface area contributed by atoms with E-state index in [4.69, 9.17) is 10.5 Å². The summed E-state index contributed by atoms with van der Waals surface area (Å²) in [6.45, 7) is 0.791. The van der Waals surface area contributed by atoms with Crippen molar-refractivity contribution in [1.29, 1.82) is 0 Å². The first-order valence-electron chi connectivity index (χ1n) is 3.73. The zero-order chi connectivity index (χ0) is 9.68. The van der Waals surface area contributed by atoms with Gasteiger partial charge in [-0.05, 0) is 6.07 Å². The van der Waals surface area contributed by atoms with E-state index in [1.807, 2.05) is 0 Å². The lowest BCUT2D eigenvalue weighted by atomic mass is 10.3. The first kappa shape index (κ1) is 9.47. The van der Waals surface area contributed by atoms with Gasteiger partial charge in [-0.15, -0.1) is 0 Å². The fraction of sp³-hybridized carbons (Fsp3) is 0.250. The molecule has 1 aromatic rings. The van der Waals surface area contributed by atoms with Crippen molar-refractivity contribution in [1.82, 2.24) is 0 Å². The van der Waals surface area contributed by atoms with Gasteiger partial charge < -0.3 is 10.5 Å². The van der Waals surface area contributed by atoms with Crippen molar-refractivity contribution < 1.29 is 9.66 Å². The van der Waals surface area contributed by atoms with Crippen molar-refractivity contribution in [3.05, 3.63) is 34.4 Å². The third-order valence-electron chi connectivity index (χ3n) is 1.35. The van der Waals surface area contributed by atoms with E-state index in [1.54, 1.807) is 0 Å². The fourth-order valence-electron chi connectivity index (χ4n) is 0.775. The van der Waals surface area contributed by atoms with E-state index in [-0.39, 0.29) is 5.69 Å². The lowest BCUT2D eigenvalue weighted by Gasteiger charge is -2.01. The Hall–Kier alpha value is -1.62. The molecule has 0 saturated heterocycles. The zero-order valence-corrected chi connectivity index (χ0v) is 6.90. The average Bonchev–Trinajstić information content (AvgIpc) is 2.15. The first-order chi connectivity index (χ1) is 6.24. The molecule has 0 unspecified atom stereocenters. The average molecular weight is 181 g/mol. The summed E-state index contributed by atoms with van der Waals surface area (Å²) < 4.78 is 5.09. The third-order valence-corrected chi connectivity index (χ3v) is 1.35. The molecule has 0 aromatic heterocycles. The van der Waals surface area contributed by atoms with Gasteiger partial charge in [0.25, 0.3) is 5.69 Å². The maximum absolute atomic E-state index is 10.3. The van der Waals surface area contributed by atoms with Crippen LogP contribution in [0.4, 0.5) is 5.69 Å². The van der Waals surface area contributed by atoms with Gasteiger partial charge in [0.05, 0.1) is 4.92 Å². The predicted molar refractivity (Wildman–Crippen MR) is 46.5 cm³/mol. The monoisotopic (exact) mass is 181 g/mol. The molecule has 5 heteroatoms.